The molecule has 3 heterocycles. The van der Waals surface area contributed by atoms with Crippen LogP contribution in [0.2, 0.25) is 0 Å². The molecule has 32 heavy (non-hydrogen) atoms. The van der Waals surface area contributed by atoms with Gasteiger partial charge in [0.05, 0.1) is 5.41 Å². The summed E-state index contributed by atoms with van der Waals surface area (Å²) < 4.78 is 0. The van der Waals surface area contributed by atoms with Gasteiger partial charge >= 0.3 is 0 Å². The fourth-order valence-electron chi connectivity index (χ4n) is 4.70. The van der Waals surface area contributed by atoms with Crippen LogP contribution in [0.4, 0.5) is 0 Å². The van der Waals surface area contributed by atoms with Gasteiger partial charge in [0.25, 0.3) is 0 Å². The molecule has 1 amide bonds. The van der Waals surface area contributed by atoms with E-state index in [1.54, 1.807) is 6.20 Å². The van der Waals surface area contributed by atoms with E-state index in [0.29, 0.717) is 0 Å². The highest BCUT2D eigenvalue weighted by atomic mass is 16.2. The van der Waals surface area contributed by atoms with E-state index in [9.17, 15) is 4.79 Å². The molecule has 1 atom stereocenters. The number of piperidine rings is 1. The number of nitrogens with one attached hydrogen (secondary N) is 1. The minimum Gasteiger partial charge on any atom is -0.356 e. The zero-order valence-electron chi connectivity index (χ0n) is 18.8. The average Bonchev–Trinajstić information content (AvgIpc) is 2.84. The van der Waals surface area contributed by atoms with Crippen molar-refractivity contribution in [3.05, 3.63) is 84.4 Å². The van der Waals surface area contributed by atoms with Gasteiger partial charge in [-0.25, -0.2) is 0 Å². The standard InChI is InChI=1S/C27H32N4O/c1-2-13-30-26(32)27(12-4-17-31(21-27)20-23-5-3-14-29-19-23)18-22-6-8-24(9-7-22)25-10-15-28-16-11-25/h3,5-11,14-16,19H,2,4,12-13,17-18,20-21H2,1H3,(H,30,32). The van der Waals surface area contributed by atoms with Crippen LogP contribution >= 0.6 is 0 Å². The van der Waals surface area contributed by atoms with Gasteiger partial charge in [0.15, 0.2) is 0 Å². The van der Waals surface area contributed by atoms with Gasteiger partial charge in [-0.1, -0.05) is 37.3 Å². The van der Waals surface area contributed by atoms with E-state index in [1.807, 2.05) is 36.8 Å². The number of hydrogen-bond acceptors (Lipinski definition) is 4. The van der Waals surface area contributed by atoms with E-state index in [4.69, 9.17) is 0 Å². The van der Waals surface area contributed by atoms with E-state index < -0.39 is 5.41 Å². The van der Waals surface area contributed by atoms with Crippen molar-refractivity contribution in [3.63, 3.8) is 0 Å². The van der Waals surface area contributed by atoms with Crippen molar-refractivity contribution < 1.29 is 4.79 Å². The number of hydrogen-bond donors (Lipinski definition) is 1. The molecule has 0 saturated carbocycles. The molecule has 4 rings (SSSR count). The first-order chi connectivity index (χ1) is 15.7. The van der Waals surface area contributed by atoms with Crippen LogP contribution in [0.1, 0.15) is 37.3 Å². The second-order valence-electron chi connectivity index (χ2n) is 8.82. The number of carbonyl (C=O) groups excluding carboxylic acids is 1. The number of nitrogens with zero attached hydrogens (tertiary/aromatic N) is 3. The molecule has 0 aliphatic carbocycles. The molecule has 1 N–H and O–H groups in total. The van der Waals surface area contributed by atoms with Crippen LogP contribution < -0.4 is 5.32 Å². The van der Waals surface area contributed by atoms with Crippen LogP contribution in [-0.2, 0) is 17.8 Å². The van der Waals surface area contributed by atoms with E-state index in [0.717, 1.165) is 57.4 Å². The molecule has 5 nitrogen and oxygen atoms in total. The fourth-order valence-corrected chi connectivity index (χ4v) is 4.70. The second-order valence-corrected chi connectivity index (χ2v) is 8.82. The highest BCUT2D eigenvalue weighted by Crippen LogP contribution is 2.35. The predicted molar refractivity (Wildman–Crippen MR) is 128 cm³/mol. The molecule has 3 aromatic rings. The monoisotopic (exact) mass is 428 g/mol. The zero-order valence-corrected chi connectivity index (χ0v) is 18.8. The molecule has 5 heteroatoms. The molecule has 0 spiro atoms. The van der Waals surface area contributed by atoms with Crippen LogP contribution in [0.25, 0.3) is 11.1 Å². The van der Waals surface area contributed by atoms with E-state index in [2.05, 4.69) is 57.4 Å². The smallest absolute Gasteiger partial charge is 0.227 e. The van der Waals surface area contributed by atoms with Crippen LogP contribution in [-0.4, -0.2) is 40.4 Å². The molecule has 1 unspecified atom stereocenters. The SMILES string of the molecule is CCCNC(=O)C1(Cc2ccc(-c3ccncc3)cc2)CCCN(Cc2cccnc2)C1. The molecule has 2 aromatic heterocycles. The number of benzene rings is 1. The Labute approximate surface area is 190 Å². The Kier molecular flexibility index (Phi) is 7.28. The van der Waals surface area contributed by atoms with Crippen LogP contribution in [0.3, 0.4) is 0 Å². The van der Waals surface area contributed by atoms with Crippen molar-refractivity contribution in [1.29, 1.82) is 0 Å². The van der Waals surface area contributed by atoms with Crippen molar-refractivity contribution in [2.45, 2.75) is 39.2 Å². The molecular formula is C27H32N4O. The summed E-state index contributed by atoms with van der Waals surface area (Å²) >= 11 is 0. The van der Waals surface area contributed by atoms with Crippen molar-refractivity contribution in [3.8, 4) is 11.1 Å². The summed E-state index contributed by atoms with van der Waals surface area (Å²) in [5.74, 6) is 0.188. The van der Waals surface area contributed by atoms with Gasteiger partial charge in [-0.15, -0.1) is 0 Å². The van der Waals surface area contributed by atoms with Crippen molar-refractivity contribution in [2.24, 2.45) is 5.41 Å². The number of pyridine rings is 2. The minimum absolute atomic E-state index is 0.188. The minimum atomic E-state index is -0.409. The van der Waals surface area contributed by atoms with Gasteiger partial charge in [-0.2, -0.15) is 0 Å². The summed E-state index contributed by atoms with van der Waals surface area (Å²) in [6.07, 6.45) is 11.0. The molecule has 1 fully saturated rings. The largest absolute Gasteiger partial charge is 0.356 e. The zero-order chi connectivity index (χ0) is 22.2. The summed E-state index contributed by atoms with van der Waals surface area (Å²) in [5, 5.41) is 3.20. The average molecular weight is 429 g/mol. The maximum absolute atomic E-state index is 13.4. The normalized spacial score (nSPS) is 18.9. The van der Waals surface area contributed by atoms with E-state index in [-0.39, 0.29) is 5.91 Å². The maximum Gasteiger partial charge on any atom is 0.227 e. The van der Waals surface area contributed by atoms with Crippen molar-refractivity contribution >= 4 is 5.91 Å². The van der Waals surface area contributed by atoms with Gasteiger partial charge in [-0.05, 0) is 72.7 Å². The molecule has 166 valence electrons. The number of aromatic nitrogens is 2. The Morgan fingerprint density at radius 3 is 2.50 bits per heavy atom. The lowest BCUT2D eigenvalue weighted by Gasteiger charge is -2.42. The quantitative estimate of drug-likeness (QED) is 0.574. The fraction of sp³-hybridized carbons (Fsp3) is 0.370. The molecular weight excluding hydrogens is 396 g/mol. The summed E-state index contributed by atoms with van der Waals surface area (Å²) in [7, 11) is 0. The Bertz CT molecular complexity index is 991. The molecule has 0 radical (unpaired) electrons. The van der Waals surface area contributed by atoms with Crippen molar-refractivity contribution in [1.82, 2.24) is 20.2 Å². The number of amides is 1. The lowest BCUT2D eigenvalue weighted by atomic mass is 9.74. The van der Waals surface area contributed by atoms with Gasteiger partial charge in [-0.3, -0.25) is 19.7 Å². The summed E-state index contributed by atoms with van der Waals surface area (Å²) in [4.78, 5) is 24.2. The Morgan fingerprint density at radius 1 is 1.00 bits per heavy atom. The predicted octanol–water partition coefficient (Wildman–Crippen LogP) is 4.49. The molecule has 1 saturated heterocycles. The van der Waals surface area contributed by atoms with Crippen LogP contribution in [0, 0.1) is 5.41 Å². The summed E-state index contributed by atoms with van der Waals surface area (Å²) in [6, 6.07) is 16.8. The second kappa shape index (κ2) is 10.5. The number of rotatable bonds is 8. The van der Waals surface area contributed by atoms with Gasteiger partial charge in [0.1, 0.15) is 0 Å². The van der Waals surface area contributed by atoms with Crippen molar-refractivity contribution in [2.75, 3.05) is 19.6 Å². The molecule has 1 aliphatic rings. The first-order valence-corrected chi connectivity index (χ1v) is 11.6. The molecule has 0 bridgehead atoms. The summed E-state index contributed by atoms with van der Waals surface area (Å²) in [5.41, 5.74) is 4.31. The highest BCUT2D eigenvalue weighted by molar-refractivity contribution is 5.83. The van der Waals surface area contributed by atoms with Crippen LogP contribution in [0.5, 0.6) is 0 Å². The maximum atomic E-state index is 13.4. The lowest BCUT2D eigenvalue weighted by Crippen LogP contribution is -2.53. The highest BCUT2D eigenvalue weighted by Gasteiger charge is 2.42. The molecule has 1 aliphatic heterocycles. The van der Waals surface area contributed by atoms with Gasteiger partial charge in [0, 0.05) is 44.4 Å². The Morgan fingerprint density at radius 2 is 1.78 bits per heavy atom. The lowest BCUT2D eigenvalue weighted by molar-refractivity contribution is -0.134. The summed E-state index contributed by atoms with van der Waals surface area (Å²) in [6.45, 7) is 5.43. The number of likely N-dealkylation sites (tertiary alicyclic amines) is 1. The Hall–Kier alpha value is -3.05. The third-order valence-corrected chi connectivity index (χ3v) is 6.31. The third kappa shape index (κ3) is 5.40. The Balaban J connectivity index is 1.54. The van der Waals surface area contributed by atoms with Gasteiger partial charge < -0.3 is 5.32 Å². The van der Waals surface area contributed by atoms with Crippen LogP contribution in [0.15, 0.2) is 73.3 Å². The molecule has 1 aromatic carbocycles. The first-order valence-electron chi connectivity index (χ1n) is 11.6. The first kappa shape index (κ1) is 22.2. The topological polar surface area (TPSA) is 58.1 Å². The third-order valence-electron chi connectivity index (χ3n) is 6.31. The van der Waals surface area contributed by atoms with E-state index in [1.165, 1.54) is 16.7 Å². The van der Waals surface area contributed by atoms with Gasteiger partial charge in [0.2, 0.25) is 5.91 Å². The van der Waals surface area contributed by atoms with E-state index >= 15 is 0 Å². The number of carbonyl (C=O) groups is 1.